The topological polar surface area (TPSA) is 68.8 Å². The standard InChI is InChI=1S/C27H35N7O/c1-2-21(31-27-19-23(5-7-30-27)32-14-16-35-17-15-32)20-34(11-1)22-3-4-24-25(18-22)29-8-6-26(24)33-12-9-28-10-13-33/h3-8,18-19,21,28H,1-2,9-17,20H2,(H,30,31)/t21-/m1/s1. The van der Waals surface area contributed by atoms with Crippen molar-refractivity contribution in [3.05, 3.63) is 48.8 Å². The van der Waals surface area contributed by atoms with Crippen LogP contribution in [0.1, 0.15) is 12.8 Å². The highest BCUT2D eigenvalue weighted by Crippen LogP contribution is 2.30. The average molecular weight is 474 g/mol. The number of nitrogens with one attached hydrogen (secondary N) is 2. The summed E-state index contributed by atoms with van der Waals surface area (Å²) in [5.74, 6) is 0.960. The third-order valence-corrected chi connectivity index (χ3v) is 7.42. The number of hydrogen-bond donors (Lipinski definition) is 2. The first kappa shape index (κ1) is 22.4. The number of anilines is 4. The van der Waals surface area contributed by atoms with E-state index < -0.39 is 0 Å². The van der Waals surface area contributed by atoms with Crippen molar-refractivity contribution in [2.75, 3.05) is 85.6 Å². The molecule has 3 aromatic rings. The zero-order chi connectivity index (χ0) is 23.5. The largest absolute Gasteiger partial charge is 0.378 e. The van der Waals surface area contributed by atoms with Gasteiger partial charge in [0.2, 0.25) is 0 Å². The van der Waals surface area contributed by atoms with Crippen molar-refractivity contribution in [1.82, 2.24) is 15.3 Å². The van der Waals surface area contributed by atoms with Crippen LogP contribution in [0.4, 0.5) is 22.9 Å². The molecule has 6 rings (SSSR count). The zero-order valence-electron chi connectivity index (χ0n) is 20.3. The van der Waals surface area contributed by atoms with Gasteiger partial charge in [0.15, 0.2) is 0 Å². The van der Waals surface area contributed by atoms with E-state index in [1.54, 1.807) is 0 Å². The highest BCUT2D eigenvalue weighted by Gasteiger charge is 2.22. The molecular weight excluding hydrogens is 438 g/mol. The number of nitrogens with zero attached hydrogens (tertiary/aromatic N) is 5. The van der Waals surface area contributed by atoms with Gasteiger partial charge >= 0.3 is 0 Å². The number of fused-ring (bicyclic) bond motifs is 1. The molecule has 0 amide bonds. The number of benzene rings is 1. The van der Waals surface area contributed by atoms with Crippen LogP contribution in [0.5, 0.6) is 0 Å². The Balaban J connectivity index is 1.16. The zero-order valence-corrected chi connectivity index (χ0v) is 20.3. The SMILES string of the molecule is c1cc(N2CCOCC2)cc(N[C@@H]2CCCN(c3ccc4c(N5CCNCC5)ccnc4c3)C2)n1. The third kappa shape index (κ3) is 4.99. The van der Waals surface area contributed by atoms with Crippen LogP contribution in [0.15, 0.2) is 48.8 Å². The predicted molar refractivity (Wildman–Crippen MR) is 143 cm³/mol. The quantitative estimate of drug-likeness (QED) is 0.586. The molecule has 8 heteroatoms. The maximum absolute atomic E-state index is 5.50. The number of aromatic nitrogens is 2. The molecule has 184 valence electrons. The average Bonchev–Trinajstić information content (AvgIpc) is 2.94. The molecule has 2 aromatic heterocycles. The summed E-state index contributed by atoms with van der Waals surface area (Å²) >= 11 is 0. The molecule has 0 bridgehead atoms. The van der Waals surface area contributed by atoms with E-state index in [-0.39, 0.29) is 0 Å². The highest BCUT2D eigenvalue weighted by molar-refractivity contribution is 5.93. The molecule has 3 saturated heterocycles. The molecule has 0 radical (unpaired) electrons. The third-order valence-electron chi connectivity index (χ3n) is 7.42. The van der Waals surface area contributed by atoms with Crippen molar-refractivity contribution >= 4 is 33.8 Å². The Morgan fingerprint density at radius 2 is 1.66 bits per heavy atom. The van der Waals surface area contributed by atoms with Gasteiger partial charge in [-0.15, -0.1) is 0 Å². The molecule has 0 spiro atoms. The fourth-order valence-electron chi connectivity index (χ4n) is 5.55. The molecular formula is C27H35N7O. The van der Waals surface area contributed by atoms with E-state index in [2.05, 4.69) is 66.7 Å². The van der Waals surface area contributed by atoms with Crippen molar-refractivity contribution in [2.24, 2.45) is 0 Å². The minimum Gasteiger partial charge on any atom is -0.378 e. The van der Waals surface area contributed by atoms with Crippen molar-refractivity contribution in [1.29, 1.82) is 0 Å². The molecule has 3 aliphatic rings. The first-order valence-electron chi connectivity index (χ1n) is 13.0. The molecule has 1 atom stereocenters. The van der Waals surface area contributed by atoms with Gasteiger partial charge in [-0.25, -0.2) is 4.98 Å². The van der Waals surface area contributed by atoms with Crippen molar-refractivity contribution in [3.63, 3.8) is 0 Å². The van der Waals surface area contributed by atoms with Crippen molar-refractivity contribution < 1.29 is 4.74 Å². The first-order valence-corrected chi connectivity index (χ1v) is 13.0. The van der Waals surface area contributed by atoms with Crippen LogP contribution in [0.2, 0.25) is 0 Å². The molecule has 0 unspecified atom stereocenters. The van der Waals surface area contributed by atoms with Crippen molar-refractivity contribution in [3.8, 4) is 0 Å². The fraction of sp³-hybridized carbons (Fsp3) is 0.481. The molecule has 2 N–H and O–H groups in total. The molecule has 35 heavy (non-hydrogen) atoms. The summed E-state index contributed by atoms with van der Waals surface area (Å²) in [5, 5.41) is 8.40. The smallest absolute Gasteiger partial charge is 0.128 e. The van der Waals surface area contributed by atoms with Crippen molar-refractivity contribution in [2.45, 2.75) is 18.9 Å². The summed E-state index contributed by atoms with van der Waals surface area (Å²) in [4.78, 5) is 16.7. The number of hydrogen-bond acceptors (Lipinski definition) is 8. The van der Waals surface area contributed by atoms with Gasteiger partial charge in [0, 0.05) is 99.3 Å². The minimum atomic E-state index is 0.368. The summed E-state index contributed by atoms with van der Waals surface area (Å²) < 4.78 is 5.50. The van der Waals surface area contributed by atoms with Gasteiger partial charge in [-0.05, 0) is 43.2 Å². The summed E-state index contributed by atoms with van der Waals surface area (Å²) in [7, 11) is 0. The monoisotopic (exact) mass is 473 g/mol. The Bertz CT molecular complexity index is 1140. The van der Waals surface area contributed by atoms with E-state index >= 15 is 0 Å². The maximum Gasteiger partial charge on any atom is 0.128 e. The second kappa shape index (κ2) is 10.3. The van der Waals surface area contributed by atoms with Gasteiger partial charge in [-0.2, -0.15) is 0 Å². The number of rotatable bonds is 5. The van der Waals surface area contributed by atoms with Gasteiger partial charge in [0.1, 0.15) is 5.82 Å². The highest BCUT2D eigenvalue weighted by atomic mass is 16.5. The van der Waals surface area contributed by atoms with Gasteiger partial charge in [-0.1, -0.05) is 0 Å². The molecule has 1 aromatic carbocycles. The number of pyridine rings is 2. The van der Waals surface area contributed by atoms with E-state index in [9.17, 15) is 0 Å². The summed E-state index contributed by atoms with van der Waals surface area (Å²) in [6.07, 6.45) is 6.18. The van der Waals surface area contributed by atoms with Crippen LogP contribution >= 0.6 is 0 Å². The van der Waals surface area contributed by atoms with Crippen LogP contribution in [0.25, 0.3) is 10.9 Å². The predicted octanol–water partition coefficient (Wildman–Crippen LogP) is 2.96. The van der Waals surface area contributed by atoms with Crippen LogP contribution in [0.3, 0.4) is 0 Å². The van der Waals surface area contributed by atoms with Crippen LogP contribution < -0.4 is 25.3 Å². The maximum atomic E-state index is 5.50. The van der Waals surface area contributed by atoms with Gasteiger partial charge in [0.25, 0.3) is 0 Å². The molecule has 5 heterocycles. The number of piperidine rings is 1. The number of morpholine rings is 1. The summed E-state index contributed by atoms with van der Waals surface area (Å²) in [6, 6.07) is 13.6. The normalized spacial score (nSPS) is 21.4. The van der Waals surface area contributed by atoms with E-state index in [1.165, 1.54) is 22.4 Å². The minimum absolute atomic E-state index is 0.368. The van der Waals surface area contributed by atoms with Gasteiger partial charge < -0.3 is 30.1 Å². The fourth-order valence-corrected chi connectivity index (χ4v) is 5.55. The summed E-state index contributed by atoms with van der Waals surface area (Å²) in [5.41, 5.74) is 4.85. The second-order valence-electron chi connectivity index (χ2n) is 9.70. The second-order valence-corrected chi connectivity index (χ2v) is 9.70. The van der Waals surface area contributed by atoms with E-state index in [1.807, 2.05) is 12.4 Å². The lowest BCUT2D eigenvalue weighted by Crippen LogP contribution is -2.43. The lowest BCUT2D eigenvalue weighted by atomic mass is 10.0. The molecule has 3 aliphatic heterocycles. The Labute approximate surface area is 207 Å². The van der Waals surface area contributed by atoms with E-state index in [0.29, 0.717) is 6.04 Å². The molecule has 8 nitrogen and oxygen atoms in total. The lowest BCUT2D eigenvalue weighted by molar-refractivity contribution is 0.122. The Morgan fingerprint density at radius 1 is 0.829 bits per heavy atom. The van der Waals surface area contributed by atoms with E-state index in [4.69, 9.17) is 9.72 Å². The molecule has 0 saturated carbocycles. The summed E-state index contributed by atoms with van der Waals surface area (Å²) in [6.45, 7) is 9.65. The number of piperazine rings is 1. The lowest BCUT2D eigenvalue weighted by Gasteiger charge is -2.35. The van der Waals surface area contributed by atoms with Crippen LogP contribution in [-0.4, -0.2) is 81.6 Å². The van der Waals surface area contributed by atoms with E-state index in [0.717, 1.165) is 89.7 Å². The van der Waals surface area contributed by atoms with Gasteiger partial charge in [0.05, 0.1) is 18.7 Å². The number of ether oxygens (including phenoxy) is 1. The molecule has 0 aliphatic carbocycles. The Hall–Kier alpha value is -3.10. The van der Waals surface area contributed by atoms with Crippen LogP contribution in [0, 0.1) is 0 Å². The molecule has 3 fully saturated rings. The Morgan fingerprint density at radius 3 is 2.54 bits per heavy atom. The first-order chi connectivity index (χ1) is 17.3. The Kier molecular flexibility index (Phi) is 6.55. The van der Waals surface area contributed by atoms with Gasteiger partial charge in [-0.3, -0.25) is 4.98 Å². The van der Waals surface area contributed by atoms with Crippen LogP contribution in [-0.2, 0) is 4.74 Å².